The molecule has 8 heteroatoms. The zero-order valence-electron chi connectivity index (χ0n) is 10.9. The number of halogens is 1. The number of benzene rings is 1. The summed E-state index contributed by atoms with van der Waals surface area (Å²) in [7, 11) is 0. The molecule has 0 unspecified atom stereocenters. The molecular formula is C13H12BrN3O3S. The molecule has 2 aromatic rings. The van der Waals surface area contributed by atoms with Crippen LogP contribution in [0, 0.1) is 0 Å². The lowest BCUT2D eigenvalue weighted by molar-refractivity contribution is 0.171. The first-order valence-corrected chi connectivity index (χ1v) is 7.97. The van der Waals surface area contributed by atoms with Crippen LogP contribution in [0.1, 0.15) is 5.56 Å². The second kappa shape index (κ2) is 5.98. The Morgan fingerprint density at radius 3 is 2.71 bits per heavy atom. The minimum atomic E-state index is -0.258. The fourth-order valence-electron chi connectivity index (χ4n) is 1.88. The lowest BCUT2D eigenvalue weighted by atomic mass is 10.2. The maximum Gasteiger partial charge on any atom is 0.253 e. The van der Waals surface area contributed by atoms with Crippen LogP contribution in [-0.2, 0) is 5.75 Å². The number of aromatic amines is 1. The zero-order chi connectivity index (χ0) is 14.8. The predicted octanol–water partition coefficient (Wildman–Crippen LogP) is 2.18. The Kier molecular flexibility index (Phi) is 4.07. The molecule has 21 heavy (non-hydrogen) atoms. The van der Waals surface area contributed by atoms with Gasteiger partial charge in [-0.15, -0.1) is 0 Å². The largest absolute Gasteiger partial charge is 0.486 e. The van der Waals surface area contributed by atoms with Crippen molar-refractivity contribution < 1.29 is 9.47 Å². The number of hydrogen-bond donors (Lipinski definition) is 2. The summed E-state index contributed by atoms with van der Waals surface area (Å²) in [5, 5.41) is 0.488. The monoisotopic (exact) mass is 369 g/mol. The van der Waals surface area contributed by atoms with Gasteiger partial charge in [0.1, 0.15) is 19.0 Å². The third-order valence-corrected chi connectivity index (χ3v) is 4.48. The molecule has 1 aliphatic heterocycles. The number of thioether (sulfide) groups is 1. The van der Waals surface area contributed by atoms with E-state index in [-0.39, 0.29) is 11.4 Å². The Morgan fingerprint density at radius 1 is 1.29 bits per heavy atom. The van der Waals surface area contributed by atoms with Gasteiger partial charge in [-0.25, -0.2) is 4.98 Å². The smallest absolute Gasteiger partial charge is 0.253 e. The van der Waals surface area contributed by atoms with E-state index in [4.69, 9.17) is 15.2 Å². The number of H-pyrrole nitrogens is 1. The summed E-state index contributed by atoms with van der Waals surface area (Å²) in [6.07, 6.45) is 0. The molecule has 1 aromatic heterocycles. The van der Waals surface area contributed by atoms with Crippen molar-refractivity contribution in [2.45, 2.75) is 10.9 Å². The molecule has 0 aliphatic carbocycles. The normalized spacial score (nSPS) is 13.2. The van der Waals surface area contributed by atoms with E-state index in [1.807, 2.05) is 12.1 Å². The van der Waals surface area contributed by atoms with Crippen molar-refractivity contribution in [3.8, 4) is 11.5 Å². The number of nitrogens with zero attached hydrogens (tertiary/aromatic N) is 1. The van der Waals surface area contributed by atoms with Crippen molar-refractivity contribution in [1.29, 1.82) is 0 Å². The number of ether oxygens (including phenoxy) is 2. The summed E-state index contributed by atoms with van der Waals surface area (Å²) in [5.41, 5.74) is 6.32. The van der Waals surface area contributed by atoms with Gasteiger partial charge in [0.05, 0.1) is 0 Å². The van der Waals surface area contributed by atoms with Crippen LogP contribution in [0.25, 0.3) is 0 Å². The van der Waals surface area contributed by atoms with Crippen LogP contribution in [0.3, 0.4) is 0 Å². The standard InChI is InChI=1S/C13H12BrN3O3S/c14-8-4-10-9(19-1-2-20-10)3-7(8)6-21-13-16-11(15)5-12(18)17-13/h3-5H,1-2,6H2,(H3,15,16,17,18). The fraction of sp³-hybridized carbons (Fsp3) is 0.231. The van der Waals surface area contributed by atoms with E-state index < -0.39 is 0 Å². The van der Waals surface area contributed by atoms with Gasteiger partial charge in [0, 0.05) is 16.3 Å². The molecular weight excluding hydrogens is 358 g/mol. The third-order valence-electron chi connectivity index (χ3n) is 2.82. The number of nitrogens with one attached hydrogen (secondary N) is 1. The SMILES string of the molecule is Nc1cc(=O)[nH]c(SCc2cc3c(cc2Br)OCCO3)n1. The van der Waals surface area contributed by atoms with Crippen LogP contribution in [0.2, 0.25) is 0 Å². The van der Waals surface area contributed by atoms with Crippen molar-refractivity contribution >= 4 is 33.5 Å². The third kappa shape index (κ3) is 3.33. The fourth-order valence-corrected chi connectivity index (χ4v) is 3.41. The van der Waals surface area contributed by atoms with E-state index in [2.05, 4.69) is 25.9 Å². The second-order valence-corrected chi connectivity index (χ2v) is 6.17. The molecule has 0 saturated heterocycles. The lowest BCUT2D eigenvalue weighted by Gasteiger charge is -2.19. The first-order chi connectivity index (χ1) is 10.1. The van der Waals surface area contributed by atoms with Gasteiger partial charge in [0.25, 0.3) is 5.56 Å². The van der Waals surface area contributed by atoms with E-state index in [0.29, 0.717) is 24.1 Å². The summed E-state index contributed by atoms with van der Waals surface area (Å²) >= 11 is 4.91. The van der Waals surface area contributed by atoms with Gasteiger partial charge in [0.2, 0.25) is 0 Å². The van der Waals surface area contributed by atoms with Crippen LogP contribution in [0.15, 0.2) is 32.6 Å². The molecule has 2 heterocycles. The van der Waals surface area contributed by atoms with E-state index in [0.717, 1.165) is 21.5 Å². The molecule has 0 spiro atoms. The molecule has 1 aliphatic rings. The molecule has 3 rings (SSSR count). The number of rotatable bonds is 3. The van der Waals surface area contributed by atoms with Crippen molar-refractivity contribution in [3.05, 3.63) is 38.6 Å². The van der Waals surface area contributed by atoms with Crippen molar-refractivity contribution in [2.75, 3.05) is 18.9 Å². The summed E-state index contributed by atoms with van der Waals surface area (Å²) in [4.78, 5) is 18.1. The molecule has 0 saturated carbocycles. The van der Waals surface area contributed by atoms with Crippen molar-refractivity contribution in [1.82, 2.24) is 9.97 Å². The first-order valence-electron chi connectivity index (χ1n) is 6.19. The van der Waals surface area contributed by atoms with E-state index in [1.165, 1.54) is 17.8 Å². The highest BCUT2D eigenvalue weighted by atomic mass is 79.9. The second-order valence-electron chi connectivity index (χ2n) is 4.35. The van der Waals surface area contributed by atoms with Crippen LogP contribution in [0.5, 0.6) is 11.5 Å². The van der Waals surface area contributed by atoms with Crippen molar-refractivity contribution in [3.63, 3.8) is 0 Å². The molecule has 0 atom stereocenters. The van der Waals surface area contributed by atoms with Gasteiger partial charge in [-0.2, -0.15) is 0 Å². The van der Waals surface area contributed by atoms with Gasteiger partial charge in [0.15, 0.2) is 16.7 Å². The number of fused-ring (bicyclic) bond motifs is 1. The summed E-state index contributed by atoms with van der Waals surface area (Å²) in [6.45, 7) is 1.10. The summed E-state index contributed by atoms with van der Waals surface area (Å²) < 4.78 is 12.0. The zero-order valence-corrected chi connectivity index (χ0v) is 13.3. The number of nitrogens with two attached hydrogens (primary N) is 1. The maximum absolute atomic E-state index is 11.3. The molecule has 0 bridgehead atoms. The minimum Gasteiger partial charge on any atom is -0.486 e. The average Bonchev–Trinajstić information content (AvgIpc) is 2.44. The van der Waals surface area contributed by atoms with Crippen LogP contribution >= 0.6 is 27.7 Å². The highest BCUT2D eigenvalue weighted by Gasteiger charge is 2.15. The number of aromatic nitrogens is 2. The number of hydrogen-bond acceptors (Lipinski definition) is 6. The molecule has 3 N–H and O–H groups in total. The highest BCUT2D eigenvalue weighted by molar-refractivity contribution is 9.10. The Labute approximate surface area is 133 Å². The molecule has 6 nitrogen and oxygen atoms in total. The van der Waals surface area contributed by atoms with Crippen molar-refractivity contribution in [2.24, 2.45) is 0 Å². The Morgan fingerprint density at radius 2 is 2.00 bits per heavy atom. The van der Waals surface area contributed by atoms with E-state index >= 15 is 0 Å². The molecule has 0 radical (unpaired) electrons. The Balaban J connectivity index is 1.80. The topological polar surface area (TPSA) is 90.2 Å². The summed E-state index contributed by atoms with van der Waals surface area (Å²) in [6, 6.07) is 5.07. The number of nitrogen functional groups attached to an aromatic ring is 1. The molecule has 0 amide bonds. The van der Waals surface area contributed by atoms with Gasteiger partial charge >= 0.3 is 0 Å². The van der Waals surface area contributed by atoms with E-state index in [9.17, 15) is 4.79 Å². The van der Waals surface area contributed by atoms with Crippen LogP contribution < -0.4 is 20.8 Å². The highest BCUT2D eigenvalue weighted by Crippen LogP contribution is 2.37. The molecule has 110 valence electrons. The maximum atomic E-state index is 11.3. The summed E-state index contributed by atoms with van der Waals surface area (Å²) in [5.74, 6) is 2.29. The predicted molar refractivity (Wildman–Crippen MR) is 84.0 cm³/mol. The van der Waals surface area contributed by atoms with Gasteiger partial charge in [-0.05, 0) is 17.7 Å². The van der Waals surface area contributed by atoms with Gasteiger partial charge in [-0.1, -0.05) is 27.7 Å². The quantitative estimate of drug-likeness (QED) is 0.636. The van der Waals surface area contributed by atoms with Crippen LogP contribution in [-0.4, -0.2) is 23.2 Å². The van der Waals surface area contributed by atoms with Gasteiger partial charge in [-0.3, -0.25) is 4.79 Å². The Bertz CT molecular complexity index is 735. The van der Waals surface area contributed by atoms with Crippen LogP contribution in [0.4, 0.5) is 5.82 Å². The minimum absolute atomic E-state index is 0.211. The van der Waals surface area contributed by atoms with Gasteiger partial charge < -0.3 is 20.2 Å². The first kappa shape index (κ1) is 14.3. The molecule has 1 aromatic carbocycles. The number of anilines is 1. The molecule has 0 fully saturated rings. The average molecular weight is 370 g/mol. The Hall–Kier alpha value is -1.67. The lowest BCUT2D eigenvalue weighted by Crippen LogP contribution is -2.15. The van der Waals surface area contributed by atoms with E-state index in [1.54, 1.807) is 0 Å².